The lowest BCUT2D eigenvalue weighted by atomic mass is 10.0. The Morgan fingerprint density at radius 3 is 2.30 bits per heavy atom. The molecule has 0 heterocycles. The summed E-state index contributed by atoms with van der Waals surface area (Å²) in [6.45, 7) is 6.35. The number of benzene rings is 1. The lowest BCUT2D eigenvalue weighted by molar-refractivity contribution is -0.155. The Morgan fingerprint density at radius 2 is 1.83 bits per heavy atom. The monoisotopic (exact) mass is 343 g/mol. The van der Waals surface area contributed by atoms with Crippen LogP contribution in [-0.4, -0.2) is 37.4 Å². The van der Waals surface area contributed by atoms with Gasteiger partial charge >= 0.3 is 5.97 Å². The first kappa shape index (κ1) is 19.1. The minimum absolute atomic E-state index is 0.0859. The quantitative estimate of drug-likeness (QED) is 0.336. The molecule has 0 fully saturated rings. The highest BCUT2D eigenvalue weighted by molar-refractivity contribution is 7.86. The molecule has 8 heteroatoms. The van der Waals surface area contributed by atoms with E-state index in [2.05, 4.69) is 5.16 Å². The van der Waals surface area contributed by atoms with Crippen LogP contribution in [0, 0.1) is 6.92 Å². The summed E-state index contributed by atoms with van der Waals surface area (Å²) in [5, 5.41) is 13.0. The summed E-state index contributed by atoms with van der Waals surface area (Å²) in [6.07, 6.45) is -0.176. The zero-order valence-corrected chi connectivity index (χ0v) is 14.4. The van der Waals surface area contributed by atoms with Crippen LogP contribution >= 0.6 is 0 Å². The van der Waals surface area contributed by atoms with E-state index in [1.54, 1.807) is 26.0 Å². The maximum absolute atomic E-state index is 12.3. The SMILES string of the molecule is CC(C)=NOCCC(C)(OS(=O)(=O)c1ccc(C)cc1)C(=O)O. The molecule has 0 bridgehead atoms. The van der Waals surface area contributed by atoms with Crippen molar-refractivity contribution in [2.45, 2.75) is 44.6 Å². The maximum atomic E-state index is 12.3. The predicted octanol–water partition coefficient (Wildman–Crippen LogP) is 2.35. The van der Waals surface area contributed by atoms with Crippen LogP contribution in [0.5, 0.6) is 0 Å². The van der Waals surface area contributed by atoms with Gasteiger partial charge in [-0.25, -0.2) is 8.98 Å². The van der Waals surface area contributed by atoms with Gasteiger partial charge in [0.25, 0.3) is 10.1 Å². The van der Waals surface area contributed by atoms with Crippen LogP contribution in [0.25, 0.3) is 0 Å². The fourth-order valence-corrected chi connectivity index (χ4v) is 2.80. The minimum Gasteiger partial charge on any atom is -0.479 e. The van der Waals surface area contributed by atoms with Crippen LogP contribution in [0.3, 0.4) is 0 Å². The molecule has 0 radical (unpaired) electrons. The molecule has 1 unspecified atom stereocenters. The van der Waals surface area contributed by atoms with E-state index in [4.69, 9.17) is 9.02 Å². The first-order valence-corrected chi connectivity index (χ1v) is 8.36. The van der Waals surface area contributed by atoms with Gasteiger partial charge in [-0.3, -0.25) is 0 Å². The predicted molar refractivity (Wildman–Crippen MR) is 84.8 cm³/mol. The van der Waals surface area contributed by atoms with E-state index in [1.807, 2.05) is 6.92 Å². The Kier molecular flexibility index (Phi) is 6.28. The third kappa shape index (κ3) is 5.65. The van der Waals surface area contributed by atoms with Gasteiger partial charge in [-0.05, 0) is 39.8 Å². The van der Waals surface area contributed by atoms with E-state index in [1.165, 1.54) is 19.1 Å². The molecule has 128 valence electrons. The highest BCUT2D eigenvalue weighted by atomic mass is 32.2. The summed E-state index contributed by atoms with van der Waals surface area (Å²) in [6, 6.07) is 5.95. The highest BCUT2D eigenvalue weighted by Crippen LogP contribution is 2.24. The van der Waals surface area contributed by atoms with Gasteiger partial charge < -0.3 is 9.94 Å². The van der Waals surface area contributed by atoms with E-state index in [0.717, 1.165) is 5.56 Å². The fraction of sp³-hybridized carbons (Fsp3) is 0.467. The van der Waals surface area contributed by atoms with Crippen molar-refractivity contribution < 1.29 is 27.3 Å². The molecule has 7 nitrogen and oxygen atoms in total. The molecule has 0 aliphatic carbocycles. The van der Waals surface area contributed by atoms with Gasteiger partial charge in [0.15, 0.2) is 5.60 Å². The molecule has 0 aliphatic rings. The third-order valence-electron chi connectivity index (χ3n) is 2.97. The molecule has 1 rings (SSSR count). The third-order valence-corrected chi connectivity index (χ3v) is 4.41. The summed E-state index contributed by atoms with van der Waals surface area (Å²) >= 11 is 0. The summed E-state index contributed by atoms with van der Waals surface area (Å²) in [5.74, 6) is -1.39. The van der Waals surface area contributed by atoms with Crippen molar-refractivity contribution in [1.82, 2.24) is 0 Å². The van der Waals surface area contributed by atoms with Crippen LogP contribution in [0.4, 0.5) is 0 Å². The second kappa shape index (κ2) is 7.56. The molecule has 1 N–H and O–H groups in total. The van der Waals surface area contributed by atoms with Crippen LogP contribution < -0.4 is 0 Å². The zero-order chi connectivity index (χ0) is 17.7. The number of carbonyl (C=O) groups is 1. The Labute approximate surface area is 136 Å². The van der Waals surface area contributed by atoms with E-state index in [-0.39, 0.29) is 17.9 Å². The van der Waals surface area contributed by atoms with Gasteiger partial charge in [0.05, 0.1) is 10.6 Å². The van der Waals surface area contributed by atoms with Crippen molar-refractivity contribution in [3.05, 3.63) is 29.8 Å². The number of nitrogens with zero attached hydrogens (tertiary/aromatic N) is 1. The van der Waals surface area contributed by atoms with Crippen LogP contribution in [0.15, 0.2) is 34.3 Å². The Morgan fingerprint density at radius 1 is 1.26 bits per heavy atom. The molecule has 1 aromatic carbocycles. The molecule has 1 aromatic rings. The maximum Gasteiger partial charge on any atom is 0.337 e. The molecule has 0 spiro atoms. The lowest BCUT2D eigenvalue weighted by Gasteiger charge is -2.23. The number of hydrogen-bond donors (Lipinski definition) is 1. The number of carboxylic acid groups (broad SMARTS) is 1. The highest BCUT2D eigenvalue weighted by Gasteiger charge is 2.40. The van der Waals surface area contributed by atoms with Crippen LogP contribution in [0.2, 0.25) is 0 Å². The Hall–Kier alpha value is -1.93. The second-order valence-corrected chi connectivity index (χ2v) is 7.05. The van der Waals surface area contributed by atoms with Crippen LogP contribution in [0.1, 0.15) is 32.8 Å². The molecule has 0 amide bonds. The average molecular weight is 343 g/mol. The van der Waals surface area contributed by atoms with Gasteiger partial charge in [-0.2, -0.15) is 8.42 Å². The fourth-order valence-electron chi connectivity index (χ4n) is 1.59. The number of oxime groups is 1. The standard InChI is InChI=1S/C15H21NO6S/c1-11(2)16-21-10-9-15(4,14(17)18)22-23(19,20)13-7-5-12(3)6-8-13/h5-8H,9-10H2,1-4H3,(H,17,18). The van der Waals surface area contributed by atoms with Gasteiger partial charge in [-0.1, -0.05) is 22.9 Å². The molecule has 0 saturated heterocycles. The lowest BCUT2D eigenvalue weighted by Crippen LogP contribution is -2.41. The zero-order valence-electron chi connectivity index (χ0n) is 13.6. The summed E-state index contributed by atoms with van der Waals surface area (Å²) in [7, 11) is -4.21. The number of aliphatic carboxylic acids is 1. The molecule has 0 saturated carbocycles. The van der Waals surface area contributed by atoms with Crippen LogP contribution in [-0.2, 0) is 23.9 Å². The second-order valence-electron chi connectivity index (χ2n) is 5.51. The van der Waals surface area contributed by atoms with Gasteiger partial charge in [0.2, 0.25) is 0 Å². The smallest absolute Gasteiger partial charge is 0.337 e. The number of rotatable bonds is 8. The minimum atomic E-state index is -4.21. The summed E-state index contributed by atoms with van der Waals surface area (Å²) < 4.78 is 29.5. The summed E-state index contributed by atoms with van der Waals surface area (Å²) in [5.41, 5.74) is -0.401. The molecule has 0 aliphatic heterocycles. The molecule has 1 atom stereocenters. The Bertz CT molecular complexity index is 676. The van der Waals surface area contributed by atoms with Gasteiger partial charge in [0, 0.05) is 6.42 Å². The number of carboxylic acids is 1. The van der Waals surface area contributed by atoms with Crippen molar-refractivity contribution in [3.63, 3.8) is 0 Å². The van der Waals surface area contributed by atoms with Gasteiger partial charge in [-0.15, -0.1) is 0 Å². The summed E-state index contributed by atoms with van der Waals surface area (Å²) in [4.78, 5) is 16.3. The molecular formula is C15H21NO6S. The van der Waals surface area contributed by atoms with Crippen molar-refractivity contribution in [3.8, 4) is 0 Å². The van der Waals surface area contributed by atoms with Crippen molar-refractivity contribution >= 4 is 21.8 Å². The van der Waals surface area contributed by atoms with E-state index in [9.17, 15) is 18.3 Å². The topological polar surface area (TPSA) is 102 Å². The largest absolute Gasteiger partial charge is 0.479 e. The first-order valence-electron chi connectivity index (χ1n) is 6.96. The molecule has 23 heavy (non-hydrogen) atoms. The first-order chi connectivity index (χ1) is 10.6. The number of aryl methyl sites for hydroxylation is 1. The number of hydrogen-bond acceptors (Lipinski definition) is 6. The van der Waals surface area contributed by atoms with Crippen molar-refractivity contribution in [1.29, 1.82) is 0 Å². The molecular weight excluding hydrogens is 322 g/mol. The Balaban J connectivity index is 2.91. The van der Waals surface area contributed by atoms with E-state index in [0.29, 0.717) is 5.71 Å². The van der Waals surface area contributed by atoms with E-state index < -0.39 is 21.7 Å². The van der Waals surface area contributed by atoms with E-state index >= 15 is 0 Å². The van der Waals surface area contributed by atoms with Gasteiger partial charge in [0.1, 0.15) is 6.61 Å². The normalized spacial score (nSPS) is 13.9. The average Bonchev–Trinajstić information content (AvgIpc) is 2.43. The molecule has 0 aromatic heterocycles. The van der Waals surface area contributed by atoms with Crippen molar-refractivity contribution in [2.24, 2.45) is 5.16 Å². The van der Waals surface area contributed by atoms with Crippen molar-refractivity contribution in [2.75, 3.05) is 6.61 Å².